The normalized spacial score (nSPS) is 22.3. The van der Waals surface area contributed by atoms with Crippen LogP contribution >= 0.6 is 0 Å². The molecule has 6 rings (SSSR count). The molecule has 0 saturated carbocycles. The molecule has 0 spiro atoms. The quantitative estimate of drug-likeness (QED) is 0.466. The van der Waals surface area contributed by atoms with E-state index < -0.39 is 6.10 Å². The van der Waals surface area contributed by atoms with E-state index in [1.54, 1.807) is 0 Å². The third-order valence-electron chi connectivity index (χ3n) is 9.30. The Balaban J connectivity index is 1.18. The number of piperidine rings is 1. The number of carbonyl (C=O) groups excluding carboxylic acids is 2. The fourth-order valence-corrected chi connectivity index (χ4v) is 6.80. The van der Waals surface area contributed by atoms with E-state index >= 15 is 0 Å². The number of aliphatic hydroxyl groups excluding tert-OH is 1. The van der Waals surface area contributed by atoms with Crippen LogP contribution in [0.4, 0.5) is 5.69 Å². The lowest BCUT2D eigenvalue weighted by Crippen LogP contribution is -2.43. The SMILES string of the molecule is CCc1cc(C)ccc1OC[C@H](O)CN=C1C=CCC(=O)C1=C1Cc2cc3c(c(C)c2N1)CN(C1CCN(C)CC1)C3=O. The number of ketones is 1. The van der Waals surface area contributed by atoms with E-state index in [2.05, 4.69) is 54.0 Å². The lowest BCUT2D eigenvalue weighted by Gasteiger charge is -2.35. The fourth-order valence-electron chi connectivity index (χ4n) is 6.80. The maximum absolute atomic E-state index is 13.5. The maximum Gasteiger partial charge on any atom is 0.254 e. The van der Waals surface area contributed by atoms with Crippen LogP contribution < -0.4 is 10.1 Å². The zero-order chi connectivity index (χ0) is 30.2. The van der Waals surface area contributed by atoms with Gasteiger partial charge in [-0.15, -0.1) is 0 Å². The molecule has 4 aliphatic rings. The largest absolute Gasteiger partial charge is 0.491 e. The van der Waals surface area contributed by atoms with Gasteiger partial charge in [0.2, 0.25) is 0 Å². The number of hydrogen-bond acceptors (Lipinski definition) is 7. The van der Waals surface area contributed by atoms with Crippen molar-refractivity contribution in [2.24, 2.45) is 4.99 Å². The van der Waals surface area contributed by atoms with Crippen LogP contribution in [0.15, 0.2) is 52.7 Å². The second-order valence-corrected chi connectivity index (χ2v) is 12.4. The van der Waals surface area contributed by atoms with Crippen molar-refractivity contribution in [3.05, 3.63) is 81.1 Å². The number of nitrogens with one attached hydrogen (secondary N) is 1. The van der Waals surface area contributed by atoms with Gasteiger partial charge in [-0.3, -0.25) is 14.6 Å². The molecule has 1 atom stereocenters. The molecule has 0 aromatic heterocycles. The number of amides is 1. The van der Waals surface area contributed by atoms with Gasteiger partial charge in [-0.2, -0.15) is 0 Å². The molecule has 1 amide bonds. The number of carbonyl (C=O) groups is 2. The minimum Gasteiger partial charge on any atom is -0.491 e. The summed E-state index contributed by atoms with van der Waals surface area (Å²) >= 11 is 0. The lowest BCUT2D eigenvalue weighted by atomic mass is 9.93. The number of Topliss-reactive ketones (excluding diaryl/α,β-unsaturated/α-hetero) is 1. The Morgan fingerprint density at radius 1 is 1.16 bits per heavy atom. The standard InChI is InChI=1S/C35H42N4O4/c1-5-23-15-21(2)9-10-32(23)43-20-26(40)18-36-29-7-6-8-31(41)33(29)30-17-24-16-27-28(22(3)34(24)37-30)19-39(35(27)42)25-11-13-38(4)14-12-25/h6-7,9-10,15-16,25-26,37,40H,5,8,11-14,17-20H2,1-4H3/t26-/m1/s1. The number of ether oxygens (including phenoxy) is 1. The number of nitrogens with zero attached hydrogens (tertiary/aromatic N) is 3. The number of anilines is 1. The van der Waals surface area contributed by atoms with Gasteiger partial charge in [-0.1, -0.05) is 30.7 Å². The van der Waals surface area contributed by atoms with Gasteiger partial charge in [0.25, 0.3) is 5.91 Å². The van der Waals surface area contributed by atoms with Crippen LogP contribution in [-0.2, 0) is 24.2 Å². The number of fused-ring (bicyclic) bond motifs is 2. The Morgan fingerprint density at radius 3 is 2.72 bits per heavy atom. The molecule has 1 fully saturated rings. The number of aliphatic imine (C=N–C) groups is 1. The molecule has 1 aliphatic carbocycles. The van der Waals surface area contributed by atoms with Crippen molar-refractivity contribution in [2.75, 3.05) is 38.6 Å². The Bertz CT molecular complexity index is 1550. The van der Waals surface area contributed by atoms with Crippen LogP contribution in [-0.4, -0.2) is 77.7 Å². The fraction of sp³-hybridized carbons (Fsp3) is 0.457. The first-order chi connectivity index (χ1) is 20.7. The van der Waals surface area contributed by atoms with Crippen molar-refractivity contribution in [3.8, 4) is 5.75 Å². The van der Waals surface area contributed by atoms with E-state index in [1.165, 1.54) is 5.56 Å². The summed E-state index contributed by atoms with van der Waals surface area (Å²) in [4.78, 5) is 35.8. The van der Waals surface area contributed by atoms with Gasteiger partial charge in [0.1, 0.15) is 18.5 Å². The minimum absolute atomic E-state index is 0.00394. The molecule has 3 aliphatic heterocycles. The summed E-state index contributed by atoms with van der Waals surface area (Å²) < 4.78 is 5.92. The molecular formula is C35H42N4O4. The molecule has 2 aromatic carbocycles. The summed E-state index contributed by atoms with van der Waals surface area (Å²) in [5.41, 5.74) is 9.25. The first-order valence-electron chi connectivity index (χ1n) is 15.5. The van der Waals surface area contributed by atoms with Gasteiger partial charge < -0.3 is 25.0 Å². The molecular weight excluding hydrogens is 540 g/mol. The van der Waals surface area contributed by atoms with E-state index in [9.17, 15) is 14.7 Å². The van der Waals surface area contributed by atoms with Crippen molar-refractivity contribution < 1.29 is 19.4 Å². The molecule has 43 heavy (non-hydrogen) atoms. The highest BCUT2D eigenvalue weighted by atomic mass is 16.5. The molecule has 8 heteroatoms. The van der Waals surface area contributed by atoms with E-state index in [4.69, 9.17) is 4.74 Å². The van der Waals surface area contributed by atoms with E-state index in [-0.39, 0.29) is 30.9 Å². The summed E-state index contributed by atoms with van der Waals surface area (Å²) in [5.74, 6) is 0.908. The van der Waals surface area contributed by atoms with E-state index in [1.807, 2.05) is 30.4 Å². The smallest absolute Gasteiger partial charge is 0.254 e. The highest BCUT2D eigenvalue weighted by molar-refractivity contribution is 6.29. The van der Waals surface area contributed by atoms with Crippen LogP contribution in [0.25, 0.3) is 0 Å². The highest BCUT2D eigenvalue weighted by Gasteiger charge is 2.37. The molecule has 3 heterocycles. The van der Waals surface area contributed by atoms with Crippen LogP contribution in [0.1, 0.15) is 64.4 Å². The van der Waals surface area contributed by atoms with Gasteiger partial charge in [0, 0.05) is 42.4 Å². The third-order valence-corrected chi connectivity index (χ3v) is 9.30. The number of allylic oxidation sites excluding steroid dienone is 4. The Morgan fingerprint density at radius 2 is 1.95 bits per heavy atom. The van der Waals surface area contributed by atoms with Crippen molar-refractivity contribution in [1.29, 1.82) is 0 Å². The summed E-state index contributed by atoms with van der Waals surface area (Å²) in [6, 6.07) is 8.37. The molecule has 0 bridgehead atoms. The molecule has 1 saturated heterocycles. The van der Waals surface area contributed by atoms with Gasteiger partial charge >= 0.3 is 0 Å². The van der Waals surface area contributed by atoms with Crippen molar-refractivity contribution in [1.82, 2.24) is 9.80 Å². The molecule has 2 aromatic rings. The maximum atomic E-state index is 13.5. The summed E-state index contributed by atoms with van der Waals surface area (Å²) in [5, 5.41) is 14.2. The van der Waals surface area contributed by atoms with Gasteiger partial charge in [0.05, 0.1) is 17.8 Å². The summed E-state index contributed by atoms with van der Waals surface area (Å²) in [6.45, 7) is 9.13. The van der Waals surface area contributed by atoms with Crippen molar-refractivity contribution in [2.45, 2.75) is 71.6 Å². The number of hydrogen-bond donors (Lipinski definition) is 2. The van der Waals surface area contributed by atoms with Gasteiger partial charge in [-0.25, -0.2) is 0 Å². The predicted octanol–water partition coefficient (Wildman–Crippen LogP) is 4.55. The van der Waals surface area contributed by atoms with Crippen molar-refractivity contribution >= 4 is 23.1 Å². The van der Waals surface area contributed by atoms with Gasteiger partial charge in [-0.05, 0) is 93.7 Å². The minimum atomic E-state index is -0.812. The van der Waals surface area contributed by atoms with Crippen LogP contribution in [0.5, 0.6) is 5.75 Å². The Kier molecular flexibility index (Phi) is 8.25. The molecule has 226 valence electrons. The second-order valence-electron chi connectivity index (χ2n) is 12.4. The number of aliphatic hydroxyl groups is 1. The molecule has 2 N–H and O–H groups in total. The average molecular weight is 583 g/mol. The van der Waals surface area contributed by atoms with Crippen LogP contribution in [0.2, 0.25) is 0 Å². The predicted molar refractivity (Wildman–Crippen MR) is 169 cm³/mol. The first-order valence-corrected chi connectivity index (χ1v) is 15.5. The Hall–Kier alpha value is -3.75. The third kappa shape index (κ3) is 5.78. The summed E-state index contributed by atoms with van der Waals surface area (Å²) in [6.07, 6.45) is 6.60. The highest BCUT2D eigenvalue weighted by Crippen LogP contribution is 2.41. The second kappa shape index (κ2) is 12.1. The average Bonchev–Trinajstić information content (AvgIpc) is 3.57. The lowest BCUT2D eigenvalue weighted by molar-refractivity contribution is -0.114. The first kappa shape index (κ1) is 29.3. The topological polar surface area (TPSA) is 94.5 Å². The number of rotatable bonds is 7. The number of likely N-dealkylation sites (tertiary alicyclic amines) is 1. The summed E-state index contributed by atoms with van der Waals surface area (Å²) in [7, 11) is 2.14. The van der Waals surface area contributed by atoms with E-state index in [0.717, 1.165) is 77.3 Å². The van der Waals surface area contributed by atoms with Crippen LogP contribution in [0, 0.1) is 13.8 Å². The number of aryl methyl sites for hydroxylation is 2. The zero-order valence-electron chi connectivity index (χ0n) is 25.7. The van der Waals surface area contributed by atoms with Crippen LogP contribution in [0.3, 0.4) is 0 Å². The Labute approximate surface area is 254 Å². The monoisotopic (exact) mass is 582 g/mol. The van der Waals surface area contributed by atoms with Gasteiger partial charge in [0.15, 0.2) is 5.78 Å². The molecule has 8 nitrogen and oxygen atoms in total. The van der Waals surface area contributed by atoms with Crippen molar-refractivity contribution in [3.63, 3.8) is 0 Å². The van der Waals surface area contributed by atoms with E-state index in [0.29, 0.717) is 30.7 Å². The molecule has 0 unspecified atom stereocenters. The zero-order valence-corrected chi connectivity index (χ0v) is 25.7. The number of benzene rings is 2. The molecule has 0 radical (unpaired) electrons.